The predicted octanol–water partition coefficient (Wildman–Crippen LogP) is 5.68. The highest BCUT2D eigenvalue weighted by Gasteiger charge is 2.04. The normalized spacial score (nSPS) is 11.1. The fraction of sp³-hybridized carbons (Fsp3) is 0.458. The molecule has 0 bridgehead atoms. The minimum Gasteiger partial charge on any atom is -0.494 e. The Morgan fingerprint density at radius 3 is 1.87 bits per heavy atom. The monoisotopic (exact) mass is 409 g/mol. The molecule has 2 aromatic carbocycles. The van der Waals surface area contributed by atoms with Gasteiger partial charge in [-0.25, -0.2) is 0 Å². The molecule has 6 nitrogen and oxygen atoms in total. The van der Waals surface area contributed by atoms with Crippen LogP contribution in [-0.4, -0.2) is 30.0 Å². The van der Waals surface area contributed by atoms with Crippen LogP contribution >= 0.6 is 0 Å². The summed E-state index contributed by atoms with van der Waals surface area (Å²) in [5.41, 5.74) is 2.05. The van der Waals surface area contributed by atoms with Crippen LogP contribution in [0.5, 0.6) is 5.75 Å². The number of nitriles is 1. The highest BCUT2D eigenvalue weighted by Crippen LogP contribution is 2.22. The van der Waals surface area contributed by atoms with Crippen LogP contribution in [-0.2, 0) is 0 Å². The van der Waals surface area contributed by atoms with Crippen LogP contribution < -0.4 is 4.74 Å². The van der Waals surface area contributed by atoms with Crippen molar-refractivity contribution >= 4 is 11.4 Å². The van der Waals surface area contributed by atoms with Gasteiger partial charge in [-0.05, 0) is 61.4 Å². The molecule has 0 atom stereocenters. The van der Waals surface area contributed by atoms with E-state index in [1.165, 1.54) is 12.8 Å². The third-order valence-corrected chi connectivity index (χ3v) is 4.91. The van der Waals surface area contributed by atoms with Gasteiger partial charge in [0.2, 0.25) is 0 Å². The first-order valence-electron chi connectivity index (χ1n) is 10.6. The summed E-state index contributed by atoms with van der Waals surface area (Å²) in [6.45, 7) is 0.854. The number of ether oxygens (including phenoxy) is 1. The molecule has 0 unspecified atom stereocenters. The molecule has 30 heavy (non-hydrogen) atoms. The smallest absolute Gasteiger partial charge is 0.119 e. The van der Waals surface area contributed by atoms with E-state index in [1.54, 1.807) is 24.3 Å². The summed E-state index contributed by atoms with van der Waals surface area (Å²) >= 11 is 0. The number of hydrogen-bond donors (Lipinski definition) is 2. The van der Waals surface area contributed by atoms with Crippen molar-refractivity contribution in [3.05, 3.63) is 54.1 Å². The van der Waals surface area contributed by atoms with E-state index in [0.29, 0.717) is 17.9 Å². The second-order valence-corrected chi connectivity index (χ2v) is 7.34. The summed E-state index contributed by atoms with van der Waals surface area (Å²) in [7, 11) is 0. The SMILES string of the molecule is N#Cc1ccc(N=Nc2ccc(OCCCCCCCCC(CO)CO)cc2)cc1. The Balaban J connectivity index is 1.57. The van der Waals surface area contributed by atoms with E-state index < -0.39 is 0 Å². The maximum atomic E-state index is 9.03. The molecule has 0 saturated carbocycles. The lowest BCUT2D eigenvalue weighted by Gasteiger charge is -2.10. The van der Waals surface area contributed by atoms with E-state index in [4.69, 9.17) is 20.2 Å². The summed E-state index contributed by atoms with van der Waals surface area (Å²) in [6, 6.07) is 16.6. The van der Waals surface area contributed by atoms with Crippen molar-refractivity contribution in [1.29, 1.82) is 5.26 Å². The number of benzene rings is 2. The molecular formula is C24H31N3O3. The van der Waals surface area contributed by atoms with Crippen molar-refractivity contribution in [2.75, 3.05) is 19.8 Å². The molecule has 0 heterocycles. The zero-order valence-corrected chi connectivity index (χ0v) is 17.4. The first kappa shape index (κ1) is 23.5. The lowest BCUT2D eigenvalue weighted by Crippen LogP contribution is -2.10. The van der Waals surface area contributed by atoms with Crippen LogP contribution in [0.4, 0.5) is 11.4 Å². The van der Waals surface area contributed by atoms with Gasteiger partial charge in [-0.1, -0.05) is 32.1 Å². The molecule has 0 aliphatic rings. The summed E-state index contributed by atoms with van der Waals surface area (Å²) in [4.78, 5) is 0. The van der Waals surface area contributed by atoms with Crippen molar-refractivity contribution < 1.29 is 14.9 Å². The fourth-order valence-corrected chi connectivity index (χ4v) is 3.00. The highest BCUT2D eigenvalue weighted by atomic mass is 16.5. The Kier molecular flexibility index (Phi) is 11.2. The van der Waals surface area contributed by atoms with Gasteiger partial charge >= 0.3 is 0 Å². The molecule has 0 radical (unpaired) electrons. The number of azo groups is 1. The van der Waals surface area contributed by atoms with E-state index >= 15 is 0 Å². The molecule has 2 aromatic rings. The molecule has 2 N–H and O–H groups in total. The molecule has 0 saturated heterocycles. The highest BCUT2D eigenvalue weighted by molar-refractivity contribution is 5.44. The molecule has 0 spiro atoms. The van der Waals surface area contributed by atoms with E-state index in [-0.39, 0.29) is 19.1 Å². The average molecular weight is 410 g/mol. The summed E-state index contributed by atoms with van der Waals surface area (Å²) in [6.07, 6.45) is 7.64. The number of rotatable bonds is 14. The van der Waals surface area contributed by atoms with E-state index in [9.17, 15) is 0 Å². The quantitative estimate of drug-likeness (QED) is 0.309. The van der Waals surface area contributed by atoms with E-state index in [0.717, 1.165) is 43.5 Å². The molecular weight excluding hydrogens is 378 g/mol. The third kappa shape index (κ3) is 9.17. The Hall–Kier alpha value is -2.75. The van der Waals surface area contributed by atoms with Crippen molar-refractivity contribution in [1.82, 2.24) is 0 Å². The minimum absolute atomic E-state index is 0.0437. The first-order chi connectivity index (χ1) is 14.7. The van der Waals surface area contributed by atoms with Gasteiger partial charge in [-0.3, -0.25) is 0 Å². The number of unbranched alkanes of at least 4 members (excludes halogenated alkanes) is 5. The van der Waals surface area contributed by atoms with Gasteiger partial charge in [-0.2, -0.15) is 15.5 Å². The second-order valence-electron chi connectivity index (χ2n) is 7.34. The third-order valence-electron chi connectivity index (χ3n) is 4.91. The van der Waals surface area contributed by atoms with Gasteiger partial charge in [0.05, 0.1) is 29.6 Å². The average Bonchev–Trinajstić information content (AvgIpc) is 2.80. The molecule has 160 valence electrons. The van der Waals surface area contributed by atoms with Crippen LogP contribution in [0.1, 0.15) is 50.5 Å². The molecule has 0 aromatic heterocycles. The minimum atomic E-state index is 0.0437. The number of aliphatic hydroxyl groups is 2. The van der Waals surface area contributed by atoms with Crippen LogP contribution in [0.2, 0.25) is 0 Å². The Bertz CT molecular complexity index is 779. The van der Waals surface area contributed by atoms with Gasteiger partial charge in [0.15, 0.2) is 0 Å². The van der Waals surface area contributed by atoms with Crippen molar-refractivity contribution in [2.45, 2.75) is 44.9 Å². The molecule has 0 aliphatic heterocycles. The summed E-state index contributed by atoms with van der Waals surface area (Å²) in [5.74, 6) is 0.869. The van der Waals surface area contributed by atoms with Crippen molar-refractivity contribution in [3.63, 3.8) is 0 Å². The molecule has 0 amide bonds. The first-order valence-corrected chi connectivity index (χ1v) is 10.6. The van der Waals surface area contributed by atoms with Crippen LogP contribution in [0.15, 0.2) is 58.8 Å². The second kappa shape index (κ2) is 14.3. The lowest BCUT2D eigenvalue weighted by molar-refractivity contribution is 0.141. The fourth-order valence-electron chi connectivity index (χ4n) is 3.00. The van der Waals surface area contributed by atoms with Crippen LogP contribution in [0.25, 0.3) is 0 Å². The van der Waals surface area contributed by atoms with Gasteiger partial charge in [0, 0.05) is 19.1 Å². The number of nitrogens with zero attached hydrogens (tertiary/aromatic N) is 3. The molecule has 0 aliphatic carbocycles. The topological polar surface area (TPSA) is 98.2 Å². The van der Waals surface area contributed by atoms with Gasteiger partial charge in [0.1, 0.15) is 5.75 Å². The number of aliphatic hydroxyl groups excluding tert-OH is 2. The zero-order chi connectivity index (χ0) is 21.4. The van der Waals surface area contributed by atoms with Crippen molar-refractivity contribution in [3.8, 4) is 11.8 Å². The predicted molar refractivity (Wildman–Crippen MR) is 117 cm³/mol. The molecule has 0 fully saturated rings. The zero-order valence-electron chi connectivity index (χ0n) is 17.4. The summed E-state index contributed by atoms with van der Waals surface area (Å²) < 4.78 is 5.78. The van der Waals surface area contributed by atoms with E-state index in [1.807, 2.05) is 24.3 Å². The van der Waals surface area contributed by atoms with Gasteiger partial charge < -0.3 is 14.9 Å². The summed E-state index contributed by atoms with van der Waals surface area (Å²) in [5, 5.41) is 35.2. The van der Waals surface area contributed by atoms with Crippen LogP contribution in [0, 0.1) is 17.2 Å². The Labute approximate surface area is 178 Å². The Morgan fingerprint density at radius 2 is 1.30 bits per heavy atom. The number of hydrogen-bond acceptors (Lipinski definition) is 6. The van der Waals surface area contributed by atoms with Crippen molar-refractivity contribution in [2.24, 2.45) is 16.1 Å². The van der Waals surface area contributed by atoms with Crippen LogP contribution in [0.3, 0.4) is 0 Å². The molecule has 6 heteroatoms. The van der Waals surface area contributed by atoms with Gasteiger partial charge in [0.25, 0.3) is 0 Å². The Morgan fingerprint density at radius 1 is 0.767 bits per heavy atom. The standard InChI is InChI=1S/C24H31N3O3/c25-17-20-8-10-22(11-9-20)26-27-23-12-14-24(15-13-23)30-16-6-4-2-1-3-5-7-21(18-28)19-29/h8-15,21,28-29H,1-7,16,18-19H2. The molecule has 2 rings (SSSR count). The lowest BCUT2D eigenvalue weighted by atomic mass is 10.0. The van der Waals surface area contributed by atoms with E-state index in [2.05, 4.69) is 16.3 Å². The van der Waals surface area contributed by atoms with Gasteiger partial charge in [-0.15, -0.1) is 0 Å². The maximum Gasteiger partial charge on any atom is 0.119 e. The largest absolute Gasteiger partial charge is 0.494 e. The maximum absolute atomic E-state index is 9.03.